The maximum atomic E-state index is 5.73. The second-order valence-electron chi connectivity index (χ2n) is 4.09. The Kier molecular flexibility index (Phi) is 4.36. The Labute approximate surface area is 115 Å². The molecule has 5 heteroatoms. The summed E-state index contributed by atoms with van der Waals surface area (Å²) >= 11 is 8.50. The number of hydrogen-bond acceptors (Lipinski definition) is 3. The van der Waals surface area contributed by atoms with Gasteiger partial charge >= 0.3 is 0 Å². The number of anilines is 1. The third kappa shape index (κ3) is 3.40. The predicted molar refractivity (Wildman–Crippen MR) is 77.5 cm³/mol. The first-order valence-electron chi connectivity index (χ1n) is 5.60. The Bertz CT molecular complexity index is 419. The van der Waals surface area contributed by atoms with E-state index in [4.69, 9.17) is 22.7 Å². The van der Waals surface area contributed by atoms with E-state index in [1.54, 1.807) is 0 Å². The van der Waals surface area contributed by atoms with Crippen LogP contribution >= 0.6 is 28.1 Å². The number of thiocarbonyl (C=S) groups is 1. The Morgan fingerprint density at radius 3 is 2.76 bits per heavy atom. The van der Waals surface area contributed by atoms with Crippen molar-refractivity contribution in [3.8, 4) is 0 Å². The lowest BCUT2D eigenvalue weighted by Crippen LogP contribution is -2.29. The molecule has 1 saturated heterocycles. The first-order chi connectivity index (χ1) is 8.16. The number of nitrogens with two attached hydrogens (primary N) is 1. The molecule has 2 rings (SSSR count). The third-order valence-electron chi connectivity index (χ3n) is 2.83. The van der Waals surface area contributed by atoms with Crippen LogP contribution < -0.4 is 11.1 Å². The Hall–Kier alpha value is -0.650. The number of hydrogen-bond donors (Lipinski definition) is 2. The number of nitrogens with one attached hydrogen (secondary N) is 1. The topological polar surface area (TPSA) is 47.3 Å². The van der Waals surface area contributed by atoms with Crippen LogP contribution in [0.4, 0.5) is 5.69 Å². The number of rotatable bonds is 3. The van der Waals surface area contributed by atoms with Crippen LogP contribution in [0, 0.1) is 0 Å². The summed E-state index contributed by atoms with van der Waals surface area (Å²) in [5.74, 6) is 0. The van der Waals surface area contributed by atoms with Crippen LogP contribution in [0.1, 0.15) is 18.4 Å². The molecule has 92 valence electrons. The molecule has 1 heterocycles. The van der Waals surface area contributed by atoms with Crippen LogP contribution in [0.3, 0.4) is 0 Å². The summed E-state index contributed by atoms with van der Waals surface area (Å²) < 4.78 is 6.32. The highest BCUT2D eigenvalue weighted by Crippen LogP contribution is 2.23. The van der Waals surface area contributed by atoms with Crippen molar-refractivity contribution in [3.63, 3.8) is 0 Å². The lowest BCUT2D eigenvalue weighted by Gasteiger charge is -2.25. The third-order valence-corrected chi connectivity index (χ3v) is 3.54. The molecule has 1 aromatic carbocycles. The van der Waals surface area contributed by atoms with E-state index in [1.165, 1.54) is 0 Å². The van der Waals surface area contributed by atoms with Gasteiger partial charge in [-0.15, -0.1) is 0 Å². The fraction of sp³-hybridized carbons (Fsp3) is 0.417. The van der Waals surface area contributed by atoms with E-state index in [2.05, 4.69) is 21.2 Å². The van der Waals surface area contributed by atoms with Gasteiger partial charge in [-0.3, -0.25) is 0 Å². The van der Waals surface area contributed by atoms with E-state index in [0.29, 0.717) is 11.0 Å². The van der Waals surface area contributed by atoms with Crippen LogP contribution in [0.5, 0.6) is 0 Å². The van der Waals surface area contributed by atoms with Crippen molar-refractivity contribution in [2.24, 2.45) is 5.73 Å². The zero-order chi connectivity index (χ0) is 12.3. The zero-order valence-electron chi connectivity index (χ0n) is 9.41. The lowest BCUT2D eigenvalue weighted by molar-refractivity contribution is 0.0904. The quantitative estimate of drug-likeness (QED) is 0.842. The summed E-state index contributed by atoms with van der Waals surface area (Å²) in [6.07, 6.45) is 2.04. The van der Waals surface area contributed by atoms with Crippen molar-refractivity contribution in [2.75, 3.05) is 18.5 Å². The molecule has 0 aromatic heterocycles. The van der Waals surface area contributed by atoms with Gasteiger partial charge < -0.3 is 15.8 Å². The second-order valence-corrected chi connectivity index (χ2v) is 5.44. The van der Waals surface area contributed by atoms with Crippen molar-refractivity contribution in [1.29, 1.82) is 0 Å². The van der Waals surface area contributed by atoms with E-state index in [1.807, 2.05) is 18.2 Å². The maximum absolute atomic E-state index is 5.73. The van der Waals surface area contributed by atoms with Crippen LogP contribution in [-0.4, -0.2) is 24.2 Å². The van der Waals surface area contributed by atoms with Crippen LogP contribution in [0.2, 0.25) is 0 Å². The molecule has 0 saturated carbocycles. The molecule has 3 nitrogen and oxygen atoms in total. The average molecular weight is 315 g/mol. The largest absolute Gasteiger partial charge is 0.389 e. The number of halogens is 1. The SMILES string of the molecule is NC(=S)c1cc(Br)ccc1NC1CCOCC1. The molecule has 1 aliphatic heterocycles. The molecule has 0 amide bonds. The molecule has 3 N–H and O–H groups in total. The summed E-state index contributed by atoms with van der Waals surface area (Å²) in [5, 5.41) is 3.49. The molecule has 0 radical (unpaired) electrons. The summed E-state index contributed by atoms with van der Waals surface area (Å²) in [6.45, 7) is 1.63. The number of benzene rings is 1. The maximum Gasteiger partial charge on any atom is 0.106 e. The normalized spacial score (nSPS) is 16.8. The van der Waals surface area contributed by atoms with Crippen molar-refractivity contribution in [3.05, 3.63) is 28.2 Å². The van der Waals surface area contributed by atoms with E-state index in [9.17, 15) is 0 Å². The number of ether oxygens (including phenoxy) is 1. The Morgan fingerprint density at radius 1 is 1.41 bits per heavy atom. The van der Waals surface area contributed by atoms with Crippen LogP contribution in [0.15, 0.2) is 22.7 Å². The summed E-state index contributed by atoms with van der Waals surface area (Å²) in [6, 6.07) is 6.39. The minimum Gasteiger partial charge on any atom is -0.389 e. The van der Waals surface area contributed by atoms with Gasteiger partial charge in [0.1, 0.15) is 4.99 Å². The van der Waals surface area contributed by atoms with Gasteiger partial charge in [0.25, 0.3) is 0 Å². The van der Waals surface area contributed by atoms with Gasteiger partial charge in [-0.25, -0.2) is 0 Å². The van der Waals surface area contributed by atoms with Crippen molar-refractivity contribution < 1.29 is 4.74 Å². The smallest absolute Gasteiger partial charge is 0.106 e. The Morgan fingerprint density at radius 2 is 2.12 bits per heavy atom. The fourth-order valence-electron chi connectivity index (χ4n) is 1.91. The van der Waals surface area contributed by atoms with Gasteiger partial charge in [0.05, 0.1) is 0 Å². The molecule has 0 atom stereocenters. The minimum atomic E-state index is 0.417. The zero-order valence-corrected chi connectivity index (χ0v) is 11.8. The summed E-state index contributed by atoms with van der Waals surface area (Å²) in [4.78, 5) is 0.417. The predicted octanol–water partition coefficient (Wildman–Crippen LogP) is 2.67. The van der Waals surface area contributed by atoms with Crippen molar-refractivity contribution in [1.82, 2.24) is 0 Å². The van der Waals surface area contributed by atoms with Gasteiger partial charge in [-0.2, -0.15) is 0 Å². The van der Waals surface area contributed by atoms with Crippen LogP contribution in [0.25, 0.3) is 0 Å². The molecule has 1 aliphatic rings. The molecule has 0 aliphatic carbocycles. The molecule has 0 spiro atoms. The molecule has 1 aromatic rings. The van der Waals surface area contributed by atoms with Gasteiger partial charge in [-0.05, 0) is 31.0 Å². The average Bonchev–Trinajstić information content (AvgIpc) is 2.32. The van der Waals surface area contributed by atoms with E-state index >= 15 is 0 Å². The van der Waals surface area contributed by atoms with Crippen LogP contribution in [-0.2, 0) is 4.74 Å². The summed E-state index contributed by atoms with van der Waals surface area (Å²) in [7, 11) is 0. The first kappa shape index (κ1) is 12.8. The fourth-order valence-corrected chi connectivity index (χ4v) is 2.44. The molecule has 0 unspecified atom stereocenters. The molecular formula is C12H15BrN2OS. The molecule has 1 fully saturated rings. The monoisotopic (exact) mass is 314 g/mol. The molecular weight excluding hydrogens is 300 g/mol. The second kappa shape index (κ2) is 5.80. The highest BCUT2D eigenvalue weighted by atomic mass is 79.9. The van der Waals surface area contributed by atoms with Crippen molar-refractivity contribution >= 4 is 38.8 Å². The van der Waals surface area contributed by atoms with E-state index < -0.39 is 0 Å². The lowest BCUT2D eigenvalue weighted by atomic mass is 10.1. The Balaban J connectivity index is 2.16. The first-order valence-corrected chi connectivity index (χ1v) is 6.80. The van der Waals surface area contributed by atoms with Gasteiger partial charge in [0.15, 0.2) is 0 Å². The highest BCUT2D eigenvalue weighted by Gasteiger charge is 2.15. The highest BCUT2D eigenvalue weighted by molar-refractivity contribution is 9.10. The summed E-state index contributed by atoms with van der Waals surface area (Å²) in [5.41, 5.74) is 7.63. The van der Waals surface area contributed by atoms with Gasteiger partial charge in [0, 0.05) is 35.0 Å². The van der Waals surface area contributed by atoms with Crippen molar-refractivity contribution in [2.45, 2.75) is 18.9 Å². The molecule has 17 heavy (non-hydrogen) atoms. The van der Waals surface area contributed by atoms with Gasteiger partial charge in [-0.1, -0.05) is 28.1 Å². The minimum absolute atomic E-state index is 0.417. The van der Waals surface area contributed by atoms with E-state index in [-0.39, 0.29) is 0 Å². The van der Waals surface area contributed by atoms with E-state index in [0.717, 1.165) is 41.8 Å². The standard InChI is InChI=1S/C12H15BrN2OS/c13-8-1-2-11(10(7-8)12(14)17)15-9-3-5-16-6-4-9/h1-2,7,9,15H,3-6H2,(H2,14,17). The van der Waals surface area contributed by atoms with Gasteiger partial charge in [0.2, 0.25) is 0 Å². The molecule has 0 bridgehead atoms.